The number of para-hydroxylation sites is 1. The monoisotopic (exact) mass is 440 g/mol. The molecule has 176 valence electrons. The van der Waals surface area contributed by atoms with Gasteiger partial charge in [-0.1, -0.05) is 44.7 Å². The van der Waals surface area contributed by atoms with Crippen LogP contribution in [0.1, 0.15) is 75.1 Å². The number of amides is 2. The molecule has 6 heteroatoms. The van der Waals surface area contributed by atoms with Crippen molar-refractivity contribution in [1.82, 2.24) is 15.1 Å². The van der Waals surface area contributed by atoms with E-state index in [0.717, 1.165) is 69.4 Å². The van der Waals surface area contributed by atoms with Crippen molar-refractivity contribution in [1.29, 1.82) is 0 Å². The van der Waals surface area contributed by atoms with Crippen molar-refractivity contribution in [3.05, 3.63) is 29.8 Å². The molecular formula is C26H40N4O2. The van der Waals surface area contributed by atoms with Crippen LogP contribution in [0.15, 0.2) is 24.3 Å². The molecule has 1 saturated carbocycles. The summed E-state index contributed by atoms with van der Waals surface area (Å²) < 4.78 is 0. The van der Waals surface area contributed by atoms with Crippen LogP contribution in [0.25, 0.3) is 0 Å². The number of anilines is 1. The Morgan fingerprint density at radius 2 is 1.53 bits per heavy atom. The Morgan fingerprint density at radius 3 is 2.19 bits per heavy atom. The van der Waals surface area contributed by atoms with E-state index in [2.05, 4.69) is 26.1 Å². The Labute approximate surface area is 193 Å². The van der Waals surface area contributed by atoms with E-state index in [1.54, 1.807) is 0 Å². The number of piperazine rings is 1. The topological polar surface area (TPSA) is 55.9 Å². The normalized spacial score (nSPS) is 21.9. The number of carbonyl (C=O) groups excluding carboxylic acids is 2. The molecular weight excluding hydrogens is 400 g/mol. The SMILES string of the molecule is CCC(=O)NC1CCN(c2ccccc2C(=O)N2CCN(C3CCCCCC3)CC2)CC1. The maximum Gasteiger partial charge on any atom is 0.256 e. The molecule has 3 fully saturated rings. The van der Waals surface area contributed by atoms with Gasteiger partial charge in [-0.2, -0.15) is 0 Å². The van der Waals surface area contributed by atoms with Crippen LogP contribution in [0.2, 0.25) is 0 Å². The Morgan fingerprint density at radius 1 is 0.875 bits per heavy atom. The fourth-order valence-electron chi connectivity index (χ4n) is 5.61. The molecule has 0 unspecified atom stereocenters. The molecule has 2 heterocycles. The van der Waals surface area contributed by atoms with Crippen LogP contribution in [-0.4, -0.2) is 73.0 Å². The average molecular weight is 441 g/mol. The highest BCUT2D eigenvalue weighted by atomic mass is 16.2. The number of rotatable bonds is 5. The maximum absolute atomic E-state index is 13.5. The van der Waals surface area contributed by atoms with Gasteiger partial charge in [0.2, 0.25) is 5.91 Å². The van der Waals surface area contributed by atoms with Gasteiger partial charge in [-0.25, -0.2) is 0 Å². The molecule has 2 amide bonds. The second-order valence-corrected chi connectivity index (χ2v) is 9.67. The highest BCUT2D eigenvalue weighted by molar-refractivity contribution is 6.00. The van der Waals surface area contributed by atoms with E-state index in [4.69, 9.17) is 0 Å². The second-order valence-electron chi connectivity index (χ2n) is 9.67. The van der Waals surface area contributed by atoms with Gasteiger partial charge in [0.15, 0.2) is 0 Å². The van der Waals surface area contributed by atoms with Crippen molar-refractivity contribution in [3.8, 4) is 0 Å². The molecule has 1 aromatic rings. The van der Waals surface area contributed by atoms with Gasteiger partial charge in [-0.15, -0.1) is 0 Å². The van der Waals surface area contributed by atoms with Crippen molar-refractivity contribution < 1.29 is 9.59 Å². The van der Waals surface area contributed by atoms with E-state index in [-0.39, 0.29) is 17.9 Å². The molecule has 0 radical (unpaired) electrons. The van der Waals surface area contributed by atoms with E-state index in [1.165, 1.54) is 38.5 Å². The van der Waals surface area contributed by atoms with Gasteiger partial charge < -0.3 is 15.1 Å². The first-order chi connectivity index (χ1) is 15.7. The number of piperidine rings is 1. The lowest BCUT2D eigenvalue weighted by Gasteiger charge is -2.40. The summed E-state index contributed by atoms with van der Waals surface area (Å²) in [5.74, 6) is 0.296. The summed E-state index contributed by atoms with van der Waals surface area (Å²) in [6, 6.07) is 9.05. The number of carbonyl (C=O) groups is 2. The number of benzene rings is 1. The van der Waals surface area contributed by atoms with E-state index in [9.17, 15) is 9.59 Å². The van der Waals surface area contributed by atoms with Gasteiger partial charge in [0.05, 0.1) is 5.56 Å². The summed E-state index contributed by atoms with van der Waals surface area (Å²) >= 11 is 0. The minimum absolute atomic E-state index is 0.127. The van der Waals surface area contributed by atoms with E-state index < -0.39 is 0 Å². The van der Waals surface area contributed by atoms with Crippen LogP contribution < -0.4 is 10.2 Å². The minimum Gasteiger partial charge on any atom is -0.371 e. The first-order valence-electron chi connectivity index (χ1n) is 12.8. The van der Waals surface area contributed by atoms with E-state index in [1.807, 2.05) is 25.1 Å². The lowest BCUT2D eigenvalue weighted by molar-refractivity contribution is -0.121. The zero-order valence-electron chi connectivity index (χ0n) is 19.7. The second kappa shape index (κ2) is 11.2. The number of nitrogens with zero attached hydrogens (tertiary/aromatic N) is 3. The van der Waals surface area contributed by atoms with Crippen LogP contribution in [0, 0.1) is 0 Å². The van der Waals surface area contributed by atoms with Gasteiger partial charge in [0.25, 0.3) is 5.91 Å². The first kappa shape index (κ1) is 23.1. The van der Waals surface area contributed by atoms with E-state index in [0.29, 0.717) is 6.42 Å². The fraction of sp³-hybridized carbons (Fsp3) is 0.692. The van der Waals surface area contributed by atoms with Crippen LogP contribution in [0.4, 0.5) is 5.69 Å². The summed E-state index contributed by atoms with van der Waals surface area (Å²) in [5.41, 5.74) is 1.87. The van der Waals surface area contributed by atoms with E-state index >= 15 is 0 Å². The summed E-state index contributed by atoms with van der Waals surface area (Å²) in [5, 5.41) is 3.12. The molecule has 6 nitrogen and oxygen atoms in total. The molecule has 2 aliphatic heterocycles. The Bertz CT molecular complexity index is 759. The van der Waals surface area contributed by atoms with Crippen molar-refractivity contribution in [2.24, 2.45) is 0 Å². The summed E-state index contributed by atoms with van der Waals surface area (Å²) in [6.07, 6.45) is 10.5. The van der Waals surface area contributed by atoms with Crippen molar-refractivity contribution >= 4 is 17.5 Å². The van der Waals surface area contributed by atoms with Crippen molar-refractivity contribution in [2.75, 3.05) is 44.2 Å². The maximum atomic E-state index is 13.5. The molecule has 2 saturated heterocycles. The average Bonchev–Trinajstić information content (AvgIpc) is 3.14. The smallest absolute Gasteiger partial charge is 0.256 e. The largest absolute Gasteiger partial charge is 0.371 e. The molecule has 0 atom stereocenters. The number of hydrogen-bond donors (Lipinski definition) is 1. The standard InChI is InChI=1S/C26H40N4O2/c1-2-25(31)27-21-13-15-29(16-14-21)24-12-8-7-11-23(24)26(32)30-19-17-28(18-20-30)22-9-5-3-4-6-10-22/h7-8,11-12,21-22H,2-6,9-10,13-20H2,1H3,(H,27,31). The fourth-order valence-corrected chi connectivity index (χ4v) is 5.61. The van der Waals surface area contributed by atoms with Crippen LogP contribution in [0.3, 0.4) is 0 Å². The Kier molecular flexibility index (Phi) is 8.06. The highest BCUT2D eigenvalue weighted by Crippen LogP contribution is 2.27. The molecule has 0 aromatic heterocycles. The predicted molar refractivity (Wildman–Crippen MR) is 129 cm³/mol. The Hall–Kier alpha value is -2.08. The molecule has 4 rings (SSSR count). The van der Waals surface area contributed by atoms with Crippen molar-refractivity contribution in [2.45, 2.75) is 76.8 Å². The first-order valence-corrected chi connectivity index (χ1v) is 12.8. The summed E-state index contributed by atoms with van der Waals surface area (Å²) in [7, 11) is 0. The van der Waals surface area contributed by atoms with Gasteiger partial charge in [0.1, 0.15) is 0 Å². The van der Waals surface area contributed by atoms with Crippen molar-refractivity contribution in [3.63, 3.8) is 0 Å². The van der Waals surface area contributed by atoms with Gasteiger partial charge in [-0.3, -0.25) is 14.5 Å². The van der Waals surface area contributed by atoms with Crippen LogP contribution >= 0.6 is 0 Å². The third-order valence-corrected chi connectivity index (χ3v) is 7.60. The minimum atomic E-state index is 0.127. The lowest BCUT2D eigenvalue weighted by Crippen LogP contribution is -2.52. The predicted octanol–water partition coefficient (Wildman–Crippen LogP) is 3.66. The molecule has 1 aromatic carbocycles. The van der Waals surface area contributed by atoms with Crippen LogP contribution in [0.5, 0.6) is 0 Å². The molecule has 1 aliphatic carbocycles. The molecule has 3 aliphatic rings. The third kappa shape index (κ3) is 5.64. The van der Waals surface area contributed by atoms with Crippen LogP contribution in [-0.2, 0) is 4.79 Å². The Balaban J connectivity index is 1.35. The van der Waals surface area contributed by atoms with Gasteiger partial charge >= 0.3 is 0 Å². The molecule has 1 N–H and O–H groups in total. The third-order valence-electron chi connectivity index (χ3n) is 7.60. The lowest BCUT2D eigenvalue weighted by atomic mass is 10.0. The molecule has 32 heavy (non-hydrogen) atoms. The molecule has 0 spiro atoms. The zero-order valence-corrected chi connectivity index (χ0v) is 19.7. The molecule has 0 bridgehead atoms. The quantitative estimate of drug-likeness (QED) is 0.710. The number of nitrogens with one attached hydrogen (secondary N) is 1. The summed E-state index contributed by atoms with van der Waals surface area (Å²) in [4.78, 5) is 32.2. The van der Waals surface area contributed by atoms with Gasteiger partial charge in [0, 0.05) is 63.5 Å². The highest BCUT2D eigenvalue weighted by Gasteiger charge is 2.29. The number of hydrogen-bond acceptors (Lipinski definition) is 4. The zero-order chi connectivity index (χ0) is 22.3. The summed E-state index contributed by atoms with van der Waals surface area (Å²) in [6.45, 7) is 7.29. The van der Waals surface area contributed by atoms with Gasteiger partial charge in [-0.05, 0) is 37.8 Å².